The lowest BCUT2D eigenvalue weighted by Gasteiger charge is -2.34. The number of nitrogens with one attached hydrogen (secondary N) is 1. The molecule has 1 atom stereocenters. The highest BCUT2D eigenvalue weighted by Crippen LogP contribution is 2.29. The average Bonchev–Trinajstić information content (AvgIpc) is 2.75. The van der Waals surface area contributed by atoms with Gasteiger partial charge >= 0.3 is 0 Å². The molecule has 0 aliphatic carbocycles. The predicted octanol–water partition coefficient (Wildman–Crippen LogP) is 2.12. The Balaban J connectivity index is 2.51. The Morgan fingerprint density at radius 2 is 2.12 bits per heavy atom. The molecular weight excluding hydrogens is 212 g/mol. The Bertz CT molecular complexity index is 200. The van der Waals surface area contributed by atoms with Crippen molar-refractivity contribution in [1.82, 2.24) is 10.2 Å². The summed E-state index contributed by atoms with van der Waals surface area (Å²) in [5, 5.41) is 3.59. The molecule has 1 fully saturated rings. The van der Waals surface area contributed by atoms with Crippen LogP contribution in [0.1, 0.15) is 40.5 Å². The van der Waals surface area contributed by atoms with Crippen molar-refractivity contribution in [3.05, 3.63) is 0 Å². The standard InChI is InChI=1S/C14H30N2O/c1-5-8-16(6-2)11-14(7-9-17-12-14)10-15-13(3)4/h13,15H,5-12H2,1-4H3. The van der Waals surface area contributed by atoms with Crippen LogP contribution in [0, 0.1) is 5.41 Å². The highest BCUT2D eigenvalue weighted by molar-refractivity contribution is 4.88. The first kappa shape index (κ1) is 14.9. The van der Waals surface area contributed by atoms with E-state index in [4.69, 9.17) is 4.74 Å². The van der Waals surface area contributed by atoms with Gasteiger partial charge < -0.3 is 15.0 Å². The van der Waals surface area contributed by atoms with Crippen molar-refractivity contribution in [3.63, 3.8) is 0 Å². The Kier molecular flexibility index (Phi) is 6.45. The van der Waals surface area contributed by atoms with Gasteiger partial charge in [0.25, 0.3) is 0 Å². The van der Waals surface area contributed by atoms with Crippen LogP contribution in [0.4, 0.5) is 0 Å². The molecule has 0 aromatic carbocycles. The van der Waals surface area contributed by atoms with Crippen molar-refractivity contribution < 1.29 is 4.74 Å². The quantitative estimate of drug-likeness (QED) is 0.705. The molecule has 0 radical (unpaired) electrons. The lowest BCUT2D eigenvalue weighted by molar-refractivity contribution is 0.109. The summed E-state index contributed by atoms with van der Waals surface area (Å²) in [6.07, 6.45) is 2.44. The molecule has 1 aliphatic rings. The minimum absolute atomic E-state index is 0.343. The molecule has 0 amide bonds. The number of hydrogen-bond donors (Lipinski definition) is 1. The van der Waals surface area contributed by atoms with Gasteiger partial charge in [0.15, 0.2) is 0 Å². The maximum atomic E-state index is 5.65. The molecule has 0 saturated carbocycles. The van der Waals surface area contributed by atoms with Crippen LogP contribution >= 0.6 is 0 Å². The summed E-state index contributed by atoms with van der Waals surface area (Å²) in [6, 6.07) is 0.564. The lowest BCUT2D eigenvalue weighted by Crippen LogP contribution is -2.46. The van der Waals surface area contributed by atoms with Crippen LogP contribution in [0.25, 0.3) is 0 Å². The minimum Gasteiger partial charge on any atom is -0.381 e. The van der Waals surface area contributed by atoms with E-state index in [9.17, 15) is 0 Å². The van der Waals surface area contributed by atoms with Gasteiger partial charge in [0.05, 0.1) is 6.61 Å². The molecule has 1 heterocycles. The number of ether oxygens (including phenoxy) is 1. The van der Waals surface area contributed by atoms with Crippen molar-refractivity contribution in [3.8, 4) is 0 Å². The summed E-state index contributed by atoms with van der Waals surface area (Å²) < 4.78 is 5.65. The van der Waals surface area contributed by atoms with Gasteiger partial charge in [0, 0.05) is 31.2 Å². The van der Waals surface area contributed by atoms with Gasteiger partial charge in [-0.3, -0.25) is 0 Å². The van der Waals surface area contributed by atoms with Gasteiger partial charge in [-0.2, -0.15) is 0 Å². The van der Waals surface area contributed by atoms with Gasteiger partial charge in [0.1, 0.15) is 0 Å². The van der Waals surface area contributed by atoms with Crippen LogP contribution in [0.2, 0.25) is 0 Å². The zero-order chi connectivity index (χ0) is 12.7. The Hall–Kier alpha value is -0.120. The van der Waals surface area contributed by atoms with Crippen LogP contribution in [0.5, 0.6) is 0 Å². The molecule has 3 heteroatoms. The molecule has 1 rings (SSSR count). The maximum Gasteiger partial charge on any atom is 0.0547 e. The lowest BCUT2D eigenvalue weighted by atomic mass is 9.86. The predicted molar refractivity (Wildman–Crippen MR) is 73.4 cm³/mol. The highest BCUT2D eigenvalue weighted by atomic mass is 16.5. The number of nitrogens with zero attached hydrogens (tertiary/aromatic N) is 1. The molecule has 1 saturated heterocycles. The highest BCUT2D eigenvalue weighted by Gasteiger charge is 2.36. The average molecular weight is 242 g/mol. The van der Waals surface area contributed by atoms with Crippen LogP contribution in [-0.4, -0.2) is 50.3 Å². The summed E-state index contributed by atoms with van der Waals surface area (Å²) >= 11 is 0. The first-order valence-corrected chi connectivity index (χ1v) is 7.15. The van der Waals surface area contributed by atoms with Gasteiger partial charge in [0.2, 0.25) is 0 Å². The van der Waals surface area contributed by atoms with Gasteiger partial charge in [-0.15, -0.1) is 0 Å². The van der Waals surface area contributed by atoms with E-state index < -0.39 is 0 Å². The van der Waals surface area contributed by atoms with E-state index in [1.807, 2.05) is 0 Å². The van der Waals surface area contributed by atoms with Crippen LogP contribution < -0.4 is 5.32 Å². The van der Waals surface area contributed by atoms with Crippen molar-refractivity contribution in [2.24, 2.45) is 5.41 Å². The molecule has 1 N–H and O–H groups in total. The first-order valence-electron chi connectivity index (χ1n) is 7.15. The molecular formula is C14H30N2O. The molecule has 0 aromatic rings. The van der Waals surface area contributed by atoms with E-state index in [0.29, 0.717) is 11.5 Å². The molecule has 17 heavy (non-hydrogen) atoms. The summed E-state index contributed by atoms with van der Waals surface area (Å²) in [5.41, 5.74) is 0.343. The van der Waals surface area contributed by atoms with Gasteiger partial charge in [-0.25, -0.2) is 0 Å². The zero-order valence-corrected chi connectivity index (χ0v) is 12.1. The molecule has 1 aliphatic heterocycles. The van der Waals surface area contributed by atoms with E-state index in [1.54, 1.807) is 0 Å². The van der Waals surface area contributed by atoms with Gasteiger partial charge in [-0.1, -0.05) is 27.7 Å². The van der Waals surface area contributed by atoms with Crippen molar-refractivity contribution in [2.75, 3.05) is 39.4 Å². The maximum absolute atomic E-state index is 5.65. The monoisotopic (exact) mass is 242 g/mol. The third kappa shape index (κ3) is 4.94. The molecule has 0 bridgehead atoms. The summed E-state index contributed by atoms with van der Waals surface area (Å²) in [5.74, 6) is 0. The second kappa shape index (κ2) is 7.34. The Morgan fingerprint density at radius 3 is 2.59 bits per heavy atom. The van der Waals surface area contributed by atoms with E-state index in [0.717, 1.165) is 26.3 Å². The van der Waals surface area contributed by atoms with E-state index in [-0.39, 0.29) is 0 Å². The van der Waals surface area contributed by atoms with Crippen molar-refractivity contribution >= 4 is 0 Å². The van der Waals surface area contributed by atoms with E-state index in [2.05, 4.69) is 37.9 Å². The summed E-state index contributed by atoms with van der Waals surface area (Å²) in [4.78, 5) is 2.57. The third-order valence-electron chi connectivity index (χ3n) is 3.62. The van der Waals surface area contributed by atoms with Crippen LogP contribution in [0.15, 0.2) is 0 Å². The smallest absolute Gasteiger partial charge is 0.0547 e. The SMILES string of the molecule is CCCN(CC)CC1(CNC(C)C)CCOC1. The minimum atomic E-state index is 0.343. The largest absolute Gasteiger partial charge is 0.381 e. The fraction of sp³-hybridized carbons (Fsp3) is 1.00. The van der Waals surface area contributed by atoms with Crippen LogP contribution in [0.3, 0.4) is 0 Å². The fourth-order valence-corrected chi connectivity index (χ4v) is 2.53. The zero-order valence-electron chi connectivity index (χ0n) is 12.1. The van der Waals surface area contributed by atoms with Crippen molar-refractivity contribution in [2.45, 2.75) is 46.6 Å². The fourth-order valence-electron chi connectivity index (χ4n) is 2.53. The van der Waals surface area contributed by atoms with Crippen LogP contribution in [-0.2, 0) is 4.74 Å². The van der Waals surface area contributed by atoms with E-state index >= 15 is 0 Å². The number of hydrogen-bond acceptors (Lipinski definition) is 3. The van der Waals surface area contributed by atoms with Gasteiger partial charge in [-0.05, 0) is 25.9 Å². The first-order chi connectivity index (χ1) is 8.12. The molecule has 0 spiro atoms. The molecule has 102 valence electrons. The molecule has 1 unspecified atom stereocenters. The third-order valence-corrected chi connectivity index (χ3v) is 3.62. The Labute approximate surface area is 107 Å². The second-order valence-electron chi connectivity index (χ2n) is 5.71. The second-order valence-corrected chi connectivity index (χ2v) is 5.71. The summed E-state index contributed by atoms with van der Waals surface area (Å²) in [7, 11) is 0. The number of rotatable bonds is 8. The molecule has 0 aromatic heterocycles. The summed E-state index contributed by atoms with van der Waals surface area (Å²) in [6.45, 7) is 15.4. The topological polar surface area (TPSA) is 24.5 Å². The molecule has 3 nitrogen and oxygen atoms in total. The Morgan fingerprint density at radius 1 is 1.35 bits per heavy atom. The van der Waals surface area contributed by atoms with E-state index in [1.165, 1.54) is 25.9 Å². The normalized spacial score (nSPS) is 25.1. The van der Waals surface area contributed by atoms with Crippen molar-refractivity contribution in [1.29, 1.82) is 0 Å².